The molecule has 0 radical (unpaired) electrons. The fraction of sp³-hybridized carbons (Fsp3) is 0.185. The minimum atomic E-state index is -0.529. The minimum absolute atomic E-state index is 0.266. The van der Waals surface area contributed by atoms with Gasteiger partial charge in [-0.2, -0.15) is 0 Å². The van der Waals surface area contributed by atoms with E-state index in [1.54, 1.807) is 27.4 Å². The molecule has 35 heavy (non-hydrogen) atoms. The van der Waals surface area contributed by atoms with Crippen LogP contribution in [0.4, 0.5) is 11.6 Å². The van der Waals surface area contributed by atoms with E-state index < -0.39 is 6.04 Å². The van der Waals surface area contributed by atoms with Crippen LogP contribution in [0, 0.1) is 0 Å². The molecule has 0 saturated heterocycles. The predicted octanol–water partition coefficient (Wildman–Crippen LogP) is 4.99. The van der Waals surface area contributed by atoms with Gasteiger partial charge in [0.25, 0.3) is 5.91 Å². The second-order valence-electron chi connectivity index (χ2n) is 8.10. The van der Waals surface area contributed by atoms with Crippen LogP contribution in [0.15, 0.2) is 78.0 Å². The maximum absolute atomic E-state index is 13.9. The molecule has 0 unspecified atom stereocenters. The van der Waals surface area contributed by atoms with Crippen LogP contribution in [-0.2, 0) is 4.79 Å². The van der Waals surface area contributed by atoms with E-state index in [1.807, 2.05) is 72.2 Å². The Morgan fingerprint density at radius 2 is 1.63 bits per heavy atom. The van der Waals surface area contributed by atoms with Gasteiger partial charge in [-0.1, -0.05) is 36.4 Å². The van der Waals surface area contributed by atoms with Crippen molar-refractivity contribution in [1.29, 1.82) is 0 Å². The second kappa shape index (κ2) is 9.06. The molecule has 2 heterocycles. The highest BCUT2D eigenvalue weighted by atomic mass is 16.5. The average Bonchev–Trinajstić information content (AvgIpc) is 3.25. The van der Waals surface area contributed by atoms with Crippen molar-refractivity contribution in [1.82, 2.24) is 9.55 Å². The van der Waals surface area contributed by atoms with Gasteiger partial charge in [0.1, 0.15) is 5.75 Å². The summed E-state index contributed by atoms with van der Waals surface area (Å²) in [6, 6.07) is 20.3. The van der Waals surface area contributed by atoms with E-state index in [4.69, 9.17) is 19.2 Å². The molecule has 1 amide bonds. The van der Waals surface area contributed by atoms with Gasteiger partial charge in [-0.3, -0.25) is 9.36 Å². The SMILES string of the molecule is COc1ccccc1NC(=O)C1=C(C)Nc2nc3ccccc3n2[C@@H]1c1cccc(OC)c1OC. The first kappa shape index (κ1) is 22.3. The fourth-order valence-corrected chi connectivity index (χ4v) is 4.62. The first-order chi connectivity index (χ1) is 17.1. The smallest absolute Gasteiger partial charge is 0.255 e. The molecule has 1 aliphatic rings. The Balaban J connectivity index is 1.72. The van der Waals surface area contributed by atoms with Crippen molar-refractivity contribution in [3.63, 3.8) is 0 Å². The van der Waals surface area contributed by atoms with E-state index in [-0.39, 0.29) is 5.91 Å². The highest BCUT2D eigenvalue weighted by Gasteiger charge is 2.36. The molecule has 0 aliphatic carbocycles. The van der Waals surface area contributed by atoms with Crippen molar-refractivity contribution in [3.05, 3.63) is 83.6 Å². The number of carbonyl (C=O) groups excluding carboxylic acids is 1. The van der Waals surface area contributed by atoms with Crippen LogP contribution >= 0.6 is 0 Å². The topological polar surface area (TPSA) is 86.6 Å². The van der Waals surface area contributed by atoms with E-state index in [0.29, 0.717) is 40.2 Å². The summed E-state index contributed by atoms with van der Waals surface area (Å²) in [6.45, 7) is 1.87. The number of ether oxygens (including phenoxy) is 3. The lowest BCUT2D eigenvalue weighted by Gasteiger charge is -2.31. The molecule has 1 aromatic heterocycles. The van der Waals surface area contributed by atoms with Gasteiger partial charge in [-0.25, -0.2) is 4.98 Å². The standard InChI is InChI=1S/C27H26N4O4/c1-16-23(26(32)29-19-12-6-8-14-21(19)33-2)24(17-10-9-15-22(34-3)25(17)35-4)31-20-13-7-5-11-18(20)30-27(31)28-16/h5-15,24H,1-4H3,(H,28,30)(H,29,32)/t24-/m1/s1. The first-order valence-corrected chi connectivity index (χ1v) is 11.2. The number of aromatic nitrogens is 2. The van der Waals surface area contributed by atoms with Crippen molar-refractivity contribution in [2.75, 3.05) is 32.0 Å². The highest BCUT2D eigenvalue weighted by Crippen LogP contribution is 2.45. The third-order valence-electron chi connectivity index (χ3n) is 6.16. The number of methoxy groups -OCH3 is 3. The summed E-state index contributed by atoms with van der Waals surface area (Å²) in [5.74, 6) is 2.09. The highest BCUT2D eigenvalue weighted by molar-refractivity contribution is 6.07. The molecule has 8 nitrogen and oxygen atoms in total. The number of hydrogen-bond acceptors (Lipinski definition) is 6. The van der Waals surface area contributed by atoms with E-state index in [1.165, 1.54) is 0 Å². The van der Waals surface area contributed by atoms with Crippen molar-refractivity contribution >= 4 is 28.6 Å². The molecule has 2 N–H and O–H groups in total. The zero-order valence-corrected chi connectivity index (χ0v) is 20.0. The van der Waals surface area contributed by atoms with Gasteiger partial charge < -0.3 is 24.8 Å². The summed E-state index contributed by atoms with van der Waals surface area (Å²) < 4.78 is 18.8. The van der Waals surface area contributed by atoms with E-state index in [2.05, 4.69) is 10.6 Å². The zero-order chi connectivity index (χ0) is 24.5. The average molecular weight is 471 g/mol. The molecule has 1 aliphatic heterocycles. The number of anilines is 2. The lowest BCUT2D eigenvalue weighted by molar-refractivity contribution is -0.113. The number of rotatable bonds is 6. The number of fused-ring (bicyclic) bond motifs is 3. The molecule has 4 aromatic rings. The molecule has 3 aromatic carbocycles. The summed E-state index contributed by atoms with van der Waals surface area (Å²) >= 11 is 0. The Bertz CT molecular complexity index is 1460. The Kier molecular flexibility index (Phi) is 5.78. The molecule has 1 atom stereocenters. The summed E-state index contributed by atoms with van der Waals surface area (Å²) in [5.41, 5.74) is 4.29. The van der Waals surface area contributed by atoms with Gasteiger partial charge in [-0.05, 0) is 37.3 Å². The third-order valence-corrected chi connectivity index (χ3v) is 6.16. The number of amides is 1. The normalized spacial score (nSPS) is 14.8. The van der Waals surface area contributed by atoms with Crippen LogP contribution in [0.3, 0.4) is 0 Å². The van der Waals surface area contributed by atoms with Gasteiger partial charge >= 0.3 is 0 Å². The molecule has 178 valence electrons. The van der Waals surface area contributed by atoms with Crippen molar-refractivity contribution in [2.45, 2.75) is 13.0 Å². The molecule has 8 heteroatoms. The Morgan fingerprint density at radius 1 is 0.914 bits per heavy atom. The largest absolute Gasteiger partial charge is 0.495 e. The van der Waals surface area contributed by atoms with E-state index >= 15 is 0 Å². The number of nitrogens with one attached hydrogen (secondary N) is 2. The van der Waals surface area contributed by atoms with E-state index in [0.717, 1.165) is 16.6 Å². The second-order valence-corrected chi connectivity index (χ2v) is 8.10. The number of imidazole rings is 1. The van der Waals surface area contributed by atoms with Crippen LogP contribution in [0.5, 0.6) is 17.2 Å². The molecule has 0 spiro atoms. The van der Waals surface area contributed by atoms with Crippen molar-refractivity contribution in [3.8, 4) is 17.2 Å². The van der Waals surface area contributed by atoms with Gasteiger partial charge in [-0.15, -0.1) is 0 Å². The molecular weight excluding hydrogens is 444 g/mol. The van der Waals surface area contributed by atoms with Crippen molar-refractivity contribution < 1.29 is 19.0 Å². The summed E-state index contributed by atoms with van der Waals surface area (Å²) in [6.07, 6.45) is 0. The van der Waals surface area contributed by atoms with Crippen LogP contribution in [0.1, 0.15) is 18.5 Å². The van der Waals surface area contributed by atoms with E-state index in [9.17, 15) is 4.79 Å². The van der Waals surface area contributed by atoms with Crippen LogP contribution in [-0.4, -0.2) is 36.8 Å². The van der Waals surface area contributed by atoms with Crippen LogP contribution < -0.4 is 24.8 Å². The summed E-state index contributed by atoms with van der Waals surface area (Å²) in [4.78, 5) is 18.7. The van der Waals surface area contributed by atoms with Gasteiger partial charge in [0.2, 0.25) is 5.95 Å². The van der Waals surface area contributed by atoms with Crippen molar-refractivity contribution in [2.24, 2.45) is 0 Å². The number of allylic oxidation sites excluding steroid dienone is 1. The first-order valence-electron chi connectivity index (χ1n) is 11.2. The zero-order valence-electron chi connectivity index (χ0n) is 20.0. The third kappa shape index (κ3) is 3.73. The lowest BCUT2D eigenvalue weighted by Crippen LogP contribution is -2.31. The molecule has 0 fully saturated rings. The lowest BCUT2D eigenvalue weighted by atomic mass is 9.93. The Morgan fingerprint density at radius 3 is 2.40 bits per heavy atom. The number of nitrogens with zero attached hydrogens (tertiary/aromatic N) is 2. The maximum Gasteiger partial charge on any atom is 0.255 e. The van der Waals surface area contributed by atoms with Gasteiger partial charge in [0.15, 0.2) is 11.5 Å². The minimum Gasteiger partial charge on any atom is -0.495 e. The number of benzene rings is 3. The Hall–Kier alpha value is -4.46. The number of para-hydroxylation sites is 5. The number of hydrogen-bond donors (Lipinski definition) is 2. The molecule has 5 rings (SSSR count). The van der Waals surface area contributed by atoms with Crippen LogP contribution in [0.2, 0.25) is 0 Å². The summed E-state index contributed by atoms with van der Waals surface area (Å²) in [7, 11) is 4.77. The van der Waals surface area contributed by atoms with Crippen LogP contribution in [0.25, 0.3) is 11.0 Å². The molecule has 0 saturated carbocycles. The number of carbonyl (C=O) groups is 1. The quantitative estimate of drug-likeness (QED) is 0.413. The fourth-order valence-electron chi connectivity index (χ4n) is 4.62. The molecular formula is C27H26N4O4. The van der Waals surface area contributed by atoms with Gasteiger partial charge in [0.05, 0.1) is 49.7 Å². The monoisotopic (exact) mass is 470 g/mol. The summed E-state index contributed by atoms with van der Waals surface area (Å²) in [5, 5.41) is 6.36. The predicted molar refractivity (Wildman–Crippen MR) is 135 cm³/mol. The maximum atomic E-state index is 13.9. The van der Waals surface area contributed by atoms with Gasteiger partial charge in [0, 0.05) is 11.3 Å². The molecule has 0 bridgehead atoms. The Labute approximate surface area is 203 Å².